The smallest absolute Gasteiger partial charge is 0.173 e. The molecular weight excluding hydrogens is 324 g/mol. The second-order valence-electron chi connectivity index (χ2n) is 4.48. The van der Waals surface area contributed by atoms with Crippen molar-refractivity contribution in [1.29, 1.82) is 0 Å². The highest BCUT2D eigenvalue weighted by molar-refractivity contribution is 9.10. The Bertz CT molecular complexity index is 668. The zero-order chi connectivity index (χ0) is 14.1. The summed E-state index contributed by atoms with van der Waals surface area (Å²) in [6, 6.07) is 5.74. The summed E-state index contributed by atoms with van der Waals surface area (Å²) in [7, 11) is 0. The van der Waals surface area contributed by atoms with Crippen LogP contribution in [0.5, 0.6) is 0 Å². The van der Waals surface area contributed by atoms with Gasteiger partial charge in [-0.2, -0.15) is 0 Å². The van der Waals surface area contributed by atoms with Gasteiger partial charge in [-0.1, -0.05) is 11.2 Å². The van der Waals surface area contributed by atoms with Crippen LogP contribution in [0.25, 0.3) is 0 Å². The summed E-state index contributed by atoms with van der Waals surface area (Å²) in [6.45, 7) is 2.26. The standard InChI is InChI=1S/C12H13BrN6O/c13-8-2-1-3-9(11(8)12(14)17-20)18-4-5-19-7-15-16-10(19)6-18/h1-3,7,20H,4-6H2,(H2,14,17). The van der Waals surface area contributed by atoms with Crippen molar-refractivity contribution in [1.82, 2.24) is 14.8 Å². The molecule has 0 saturated heterocycles. The van der Waals surface area contributed by atoms with Crippen LogP contribution in [-0.2, 0) is 13.1 Å². The third kappa shape index (κ3) is 2.11. The van der Waals surface area contributed by atoms with Crippen molar-refractivity contribution in [3.05, 3.63) is 40.4 Å². The molecule has 7 nitrogen and oxygen atoms in total. The van der Waals surface area contributed by atoms with E-state index in [-0.39, 0.29) is 5.84 Å². The molecule has 1 aromatic carbocycles. The Morgan fingerprint density at radius 2 is 2.25 bits per heavy atom. The lowest BCUT2D eigenvalue weighted by atomic mass is 10.1. The van der Waals surface area contributed by atoms with Crippen molar-refractivity contribution >= 4 is 27.5 Å². The van der Waals surface area contributed by atoms with Crippen LogP contribution in [-0.4, -0.2) is 32.4 Å². The van der Waals surface area contributed by atoms with Gasteiger partial charge >= 0.3 is 0 Å². The third-order valence-corrected chi connectivity index (χ3v) is 4.00. The first kappa shape index (κ1) is 12.9. The van der Waals surface area contributed by atoms with Gasteiger partial charge in [-0.25, -0.2) is 0 Å². The fraction of sp³-hybridized carbons (Fsp3) is 0.250. The quantitative estimate of drug-likeness (QED) is 0.371. The van der Waals surface area contributed by atoms with Crippen molar-refractivity contribution < 1.29 is 5.21 Å². The molecule has 3 N–H and O–H groups in total. The topological polar surface area (TPSA) is 92.6 Å². The molecule has 0 bridgehead atoms. The SMILES string of the molecule is N/C(=N/O)c1c(Br)cccc1N1CCn2cnnc2C1. The molecule has 1 aromatic heterocycles. The van der Waals surface area contributed by atoms with Gasteiger partial charge in [-0.15, -0.1) is 10.2 Å². The first-order valence-corrected chi connectivity index (χ1v) is 6.88. The minimum atomic E-state index is 0.0829. The number of fused-ring (bicyclic) bond motifs is 1. The number of anilines is 1. The predicted octanol–water partition coefficient (Wildman–Crippen LogP) is 1.16. The molecule has 20 heavy (non-hydrogen) atoms. The van der Waals surface area contributed by atoms with E-state index in [0.29, 0.717) is 12.1 Å². The zero-order valence-corrected chi connectivity index (χ0v) is 12.2. The van der Waals surface area contributed by atoms with Gasteiger partial charge in [0.2, 0.25) is 0 Å². The maximum atomic E-state index is 8.96. The molecule has 104 valence electrons. The molecule has 2 aromatic rings. The number of nitrogens with two attached hydrogens (primary N) is 1. The second kappa shape index (κ2) is 5.12. The summed E-state index contributed by atoms with van der Waals surface area (Å²) in [6.07, 6.45) is 1.73. The highest BCUT2D eigenvalue weighted by Gasteiger charge is 2.22. The van der Waals surface area contributed by atoms with Gasteiger partial charge in [-0.3, -0.25) is 0 Å². The Labute approximate surface area is 123 Å². The van der Waals surface area contributed by atoms with E-state index in [2.05, 4.69) is 36.2 Å². The van der Waals surface area contributed by atoms with Crippen molar-refractivity contribution in [3.63, 3.8) is 0 Å². The first-order chi connectivity index (χ1) is 9.70. The fourth-order valence-electron chi connectivity index (χ4n) is 2.35. The van der Waals surface area contributed by atoms with E-state index < -0.39 is 0 Å². The van der Waals surface area contributed by atoms with Crippen molar-refractivity contribution in [2.24, 2.45) is 10.9 Å². The van der Waals surface area contributed by atoms with Crippen LogP contribution in [0.4, 0.5) is 5.69 Å². The lowest BCUT2D eigenvalue weighted by molar-refractivity contribution is 0.318. The Kier molecular flexibility index (Phi) is 3.31. The molecule has 0 radical (unpaired) electrons. The highest BCUT2D eigenvalue weighted by atomic mass is 79.9. The number of hydrogen-bond acceptors (Lipinski definition) is 5. The van der Waals surface area contributed by atoms with E-state index >= 15 is 0 Å². The lowest BCUT2D eigenvalue weighted by Crippen LogP contribution is -2.35. The average molecular weight is 337 g/mol. The maximum Gasteiger partial charge on any atom is 0.173 e. The van der Waals surface area contributed by atoms with Gasteiger partial charge in [0.15, 0.2) is 11.7 Å². The van der Waals surface area contributed by atoms with Crippen LogP contribution >= 0.6 is 15.9 Å². The molecule has 8 heteroatoms. The molecule has 0 amide bonds. The van der Waals surface area contributed by atoms with E-state index in [4.69, 9.17) is 10.9 Å². The van der Waals surface area contributed by atoms with Crippen LogP contribution < -0.4 is 10.6 Å². The number of nitrogens with zero attached hydrogens (tertiary/aromatic N) is 5. The van der Waals surface area contributed by atoms with Crippen LogP contribution in [0.1, 0.15) is 11.4 Å². The van der Waals surface area contributed by atoms with Gasteiger partial charge in [0.05, 0.1) is 12.1 Å². The number of benzene rings is 1. The molecule has 0 spiro atoms. The van der Waals surface area contributed by atoms with Gasteiger partial charge in [0.1, 0.15) is 6.33 Å². The molecular formula is C12H13BrN6O. The number of halogens is 1. The highest BCUT2D eigenvalue weighted by Crippen LogP contribution is 2.29. The summed E-state index contributed by atoms with van der Waals surface area (Å²) >= 11 is 3.45. The molecule has 3 rings (SSSR count). The van der Waals surface area contributed by atoms with Gasteiger partial charge in [0, 0.05) is 23.2 Å². The fourth-order valence-corrected chi connectivity index (χ4v) is 2.91. The molecule has 1 aliphatic heterocycles. The van der Waals surface area contributed by atoms with Gasteiger partial charge in [0.25, 0.3) is 0 Å². The summed E-state index contributed by atoms with van der Waals surface area (Å²) < 4.78 is 2.81. The summed E-state index contributed by atoms with van der Waals surface area (Å²) in [5.74, 6) is 0.987. The summed E-state index contributed by atoms with van der Waals surface area (Å²) in [5.41, 5.74) is 7.38. The number of oxime groups is 1. The summed E-state index contributed by atoms with van der Waals surface area (Å²) in [4.78, 5) is 2.14. The second-order valence-corrected chi connectivity index (χ2v) is 5.34. The molecule has 0 aliphatic carbocycles. The van der Waals surface area contributed by atoms with E-state index in [1.807, 2.05) is 22.8 Å². The van der Waals surface area contributed by atoms with Gasteiger partial charge in [-0.05, 0) is 28.1 Å². The number of aromatic nitrogens is 3. The van der Waals surface area contributed by atoms with Crippen molar-refractivity contribution in [2.45, 2.75) is 13.1 Å². The number of rotatable bonds is 2. The molecule has 2 heterocycles. The van der Waals surface area contributed by atoms with E-state index in [9.17, 15) is 0 Å². The van der Waals surface area contributed by atoms with Crippen molar-refractivity contribution in [2.75, 3.05) is 11.4 Å². The number of amidine groups is 1. The van der Waals surface area contributed by atoms with E-state index in [1.54, 1.807) is 6.33 Å². The minimum absolute atomic E-state index is 0.0829. The Balaban J connectivity index is 2.02. The van der Waals surface area contributed by atoms with Crippen molar-refractivity contribution in [3.8, 4) is 0 Å². The molecule has 0 fully saturated rings. The Morgan fingerprint density at radius 3 is 3.05 bits per heavy atom. The maximum absolute atomic E-state index is 8.96. The molecule has 1 aliphatic rings. The monoisotopic (exact) mass is 336 g/mol. The lowest BCUT2D eigenvalue weighted by Gasteiger charge is -2.30. The first-order valence-electron chi connectivity index (χ1n) is 6.08. The van der Waals surface area contributed by atoms with Gasteiger partial charge < -0.3 is 20.4 Å². The van der Waals surface area contributed by atoms with E-state index in [0.717, 1.165) is 29.1 Å². The third-order valence-electron chi connectivity index (χ3n) is 3.34. The number of hydrogen-bond donors (Lipinski definition) is 2. The molecule has 0 atom stereocenters. The Hall–Kier alpha value is -2.09. The molecule has 0 unspecified atom stereocenters. The van der Waals surface area contributed by atoms with Crippen LogP contribution in [0.3, 0.4) is 0 Å². The predicted molar refractivity (Wildman–Crippen MR) is 77.7 cm³/mol. The van der Waals surface area contributed by atoms with Crippen LogP contribution in [0.15, 0.2) is 34.2 Å². The zero-order valence-electron chi connectivity index (χ0n) is 10.6. The normalized spacial score (nSPS) is 15.2. The summed E-state index contributed by atoms with van der Waals surface area (Å²) in [5, 5.41) is 20.1. The van der Waals surface area contributed by atoms with Crippen LogP contribution in [0, 0.1) is 0 Å². The Morgan fingerprint density at radius 1 is 1.40 bits per heavy atom. The minimum Gasteiger partial charge on any atom is -0.409 e. The van der Waals surface area contributed by atoms with E-state index in [1.165, 1.54) is 0 Å². The van der Waals surface area contributed by atoms with Crippen LogP contribution in [0.2, 0.25) is 0 Å². The molecule has 0 saturated carbocycles. The average Bonchev–Trinajstić information content (AvgIpc) is 2.93. The largest absolute Gasteiger partial charge is 0.409 e.